The van der Waals surface area contributed by atoms with Gasteiger partial charge in [0.25, 0.3) is 0 Å². The van der Waals surface area contributed by atoms with Gasteiger partial charge in [0, 0.05) is 44.4 Å². The van der Waals surface area contributed by atoms with Crippen molar-refractivity contribution in [2.24, 2.45) is 7.05 Å². The molecular formula is C20H27N7. The summed E-state index contributed by atoms with van der Waals surface area (Å²) in [6.45, 7) is 5.48. The number of hydrogen-bond acceptors (Lipinski definition) is 5. The molecule has 2 aliphatic rings. The Labute approximate surface area is 159 Å². The first-order valence-electron chi connectivity index (χ1n) is 10.1. The molecule has 5 heterocycles. The summed E-state index contributed by atoms with van der Waals surface area (Å²) in [5.41, 5.74) is 3.52. The first-order valence-corrected chi connectivity index (χ1v) is 10.1. The predicted molar refractivity (Wildman–Crippen MR) is 105 cm³/mol. The predicted octanol–water partition coefficient (Wildman–Crippen LogP) is 2.44. The average Bonchev–Trinajstić information content (AvgIpc) is 3.42. The third-order valence-electron chi connectivity index (χ3n) is 5.92. The van der Waals surface area contributed by atoms with E-state index >= 15 is 0 Å². The molecule has 0 radical (unpaired) electrons. The van der Waals surface area contributed by atoms with Gasteiger partial charge in [-0.15, -0.1) is 0 Å². The van der Waals surface area contributed by atoms with E-state index in [1.807, 2.05) is 22.4 Å². The van der Waals surface area contributed by atoms with Gasteiger partial charge < -0.3 is 4.90 Å². The minimum absolute atomic E-state index is 0.463. The molecule has 0 saturated carbocycles. The number of fused-ring (bicyclic) bond motifs is 1. The Morgan fingerprint density at radius 1 is 1.04 bits per heavy atom. The highest BCUT2D eigenvalue weighted by Gasteiger charge is 2.24. The lowest BCUT2D eigenvalue weighted by atomic mass is 9.96. The zero-order valence-electron chi connectivity index (χ0n) is 16.0. The maximum atomic E-state index is 4.83. The number of likely N-dealkylation sites (tertiary alicyclic amines) is 1. The SMILES string of the molecule is Cn1cc(CN2CCC(c3nc4ccc(N5CCCC5)cn4n3)CC2)cn1. The van der Waals surface area contributed by atoms with Crippen LogP contribution in [-0.2, 0) is 13.6 Å². The molecule has 0 unspecified atom stereocenters. The van der Waals surface area contributed by atoms with Crippen LogP contribution in [0.25, 0.3) is 5.65 Å². The fourth-order valence-corrected chi connectivity index (χ4v) is 4.39. The summed E-state index contributed by atoms with van der Waals surface area (Å²) in [6.07, 6.45) is 11.0. The Balaban J connectivity index is 1.25. The van der Waals surface area contributed by atoms with Crippen molar-refractivity contribution in [1.29, 1.82) is 0 Å². The van der Waals surface area contributed by atoms with Crippen molar-refractivity contribution in [1.82, 2.24) is 29.3 Å². The highest BCUT2D eigenvalue weighted by atomic mass is 15.3. The van der Waals surface area contributed by atoms with E-state index in [1.165, 1.54) is 24.1 Å². The van der Waals surface area contributed by atoms with Gasteiger partial charge in [0.15, 0.2) is 11.5 Å². The van der Waals surface area contributed by atoms with Crippen molar-refractivity contribution in [2.45, 2.75) is 38.1 Å². The molecule has 2 aliphatic heterocycles. The second kappa shape index (κ2) is 6.96. The number of nitrogens with zero attached hydrogens (tertiary/aromatic N) is 7. The number of aromatic nitrogens is 5. The number of pyridine rings is 1. The second-order valence-corrected chi connectivity index (χ2v) is 7.93. The van der Waals surface area contributed by atoms with Crippen molar-refractivity contribution >= 4 is 11.3 Å². The van der Waals surface area contributed by atoms with Crippen LogP contribution in [0.2, 0.25) is 0 Å². The van der Waals surface area contributed by atoms with Crippen molar-refractivity contribution in [3.05, 3.63) is 42.1 Å². The Morgan fingerprint density at radius 3 is 2.59 bits per heavy atom. The summed E-state index contributed by atoms with van der Waals surface area (Å²) in [5, 5.41) is 9.10. The molecule has 142 valence electrons. The number of aryl methyl sites for hydroxylation is 1. The van der Waals surface area contributed by atoms with Crippen LogP contribution in [0.5, 0.6) is 0 Å². The lowest BCUT2D eigenvalue weighted by molar-refractivity contribution is 0.202. The maximum absolute atomic E-state index is 4.83. The van der Waals surface area contributed by atoms with Gasteiger partial charge >= 0.3 is 0 Å². The first-order chi connectivity index (χ1) is 13.2. The molecule has 3 aromatic rings. The molecule has 0 bridgehead atoms. The first kappa shape index (κ1) is 16.7. The van der Waals surface area contributed by atoms with E-state index in [4.69, 9.17) is 10.1 Å². The van der Waals surface area contributed by atoms with Crippen LogP contribution >= 0.6 is 0 Å². The lowest BCUT2D eigenvalue weighted by Crippen LogP contribution is -2.32. The fraction of sp³-hybridized carbons (Fsp3) is 0.550. The number of rotatable bonds is 4. The second-order valence-electron chi connectivity index (χ2n) is 7.93. The Hall–Kier alpha value is -2.41. The van der Waals surface area contributed by atoms with Gasteiger partial charge in [-0.2, -0.15) is 10.2 Å². The van der Waals surface area contributed by atoms with Gasteiger partial charge in [-0.25, -0.2) is 9.50 Å². The van der Waals surface area contributed by atoms with Gasteiger partial charge in [0.2, 0.25) is 0 Å². The molecule has 7 nitrogen and oxygen atoms in total. The van der Waals surface area contributed by atoms with Crippen LogP contribution in [0.4, 0.5) is 5.69 Å². The van der Waals surface area contributed by atoms with Crippen molar-refractivity contribution in [3.63, 3.8) is 0 Å². The van der Waals surface area contributed by atoms with Gasteiger partial charge in [-0.05, 0) is 50.9 Å². The lowest BCUT2D eigenvalue weighted by Gasteiger charge is -2.30. The van der Waals surface area contributed by atoms with Crippen LogP contribution in [-0.4, -0.2) is 55.5 Å². The van der Waals surface area contributed by atoms with Crippen LogP contribution in [0.3, 0.4) is 0 Å². The number of hydrogen-bond donors (Lipinski definition) is 0. The monoisotopic (exact) mass is 365 g/mol. The molecule has 2 saturated heterocycles. The molecule has 3 aromatic heterocycles. The third kappa shape index (κ3) is 3.43. The number of piperidine rings is 1. The maximum Gasteiger partial charge on any atom is 0.155 e. The summed E-state index contributed by atoms with van der Waals surface area (Å²) >= 11 is 0. The normalized spacial score (nSPS) is 19.4. The minimum Gasteiger partial charge on any atom is -0.370 e. The van der Waals surface area contributed by atoms with E-state index in [0.717, 1.165) is 57.0 Å². The molecule has 0 atom stereocenters. The van der Waals surface area contributed by atoms with Crippen LogP contribution < -0.4 is 4.90 Å². The minimum atomic E-state index is 0.463. The smallest absolute Gasteiger partial charge is 0.155 e. The highest BCUT2D eigenvalue weighted by molar-refractivity contribution is 5.51. The average molecular weight is 365 g/mol. The summed E-state index contributed by atoms with van der Waals surface area (Å²) in [7, 11) is 1.97. The van der Waals surface area contributed by atoms with Crippen LogP contribution in [0.1, 0.15) is 43.0 Å². The summed E-state index contributed by atoms with van der Waals surface area (Å²) < 4.78 is 3.85. The van der Waals surface area contributed by atoms with Crippen molar-refractivity contribution < 1.29 is 0 Å². The van der Waals surface area contributed by atoms with Crippen molar-refractivity contribution in [2.75, 3.05) is 31.1 Å². The highest BCUT2D eigenvalue weighted by Crippen LogP contribution is 2.28. The van der Waals surface area contributed by atoms with Gasteiger partial charge in [0.1, 0.15) is 0 Å². The van der Waals surface area contributed by atoms with E-state index < -0.39 is 0 Å². The molecule has 7 heteroatoms. The van der Waals surface area contributed by atoms with Gasteiger partial charge in [-0.1, -0.05) is 0 Å². The summed E-state index contributed by atoms with van der Waals surface area (Å²) in [6, 6.07) is 4.30. The standard InChI is InChI=1S/C20H27N7/c1-24-13-16(12-21-24)14-25-10-6-17(7-11-25)20-22-19-5-4-18(15-27(19)23-20)26-8-2-3-9-26/h4-5,12-13,15,17H,2-3,6-11,14H2,1H3. The molecule has 0 N–H and O–H groups in total. The van der Waals surface area contributed by atoms with E-state index in [0.29, 0.717) is 5.92 Å². The quantitative estimate of drug-likeness (QED) is 0.711. The van der Waals surface area contributed by atoms with Gasteiger partial charge in [0.05, 0.1) is 18.1 Å². The molecule has 0 aromatic carbocycles. The topological polar surface area (TPSA) is 54.5 Å². The zero-order valence-corrected chi connectivity index (χ0v) is 16.0. The summed E-state index contributed by atoms with van der Waals surface area (Å²) in [5.74, 6) is 1.47. The van der Waals surface area contributed by atoms with E-state index in [2.05, 4.69) is 39.4 Å². The van der Waals surface area contributed by atoms with Crippen LogP contribution in [0.15, 0.2) is 30.7 Å². The molecule has 2 fully saturated rings. The molecular weight excluding hydrogens is 338 g/mol. The third-order valence-corrected chi connectivity index (χ3v) is 5.92. The molecule has 27 heavy (non-hydrogen) atoms. The zero-order chi connectivity index (χ0) is 18.2. The van der Waals surface area contributed by atoms with E-state index in [-0.39, 0.29) is 0 Å². The van der Waals surface area contributed by atoms with Crippen LogP contribution in [0, 0.1) is 0 Å². The number of anilines is 1. The Morgan fingerprint density at radius 2 is 1.85 bits per heavy atom. The summed E-state index contributed by atoms with van der Waals surface area (Å²) in [4.78, 5) is 9.77. The molecule has 0 amide bonds. The Kier molecular flexibility index (Phi) is 4.32. The van der Waals surface area contributed by atoms with E-state index in [9.17, 15) is 0 Å². The fourth-order valence-electron chi connectivity index (χ4n) is 4.39. The molecule has 0 spiro atoms. The largest absolute Gasteiger partial charge is 0.370 e. The Bertz CT molecular complexity index is 913. The van der Waals surface area contributed by atoms with E-state index in [1.54, 1.807) is 0 Å². The molecule has 5 rings (SSSR count). The van der Waals surface area contributed by atoms with Gasteiger partial charge in [-0.3, -0.25) is 9.58 Å². The van der Waals surface area contributed by atoms with Crippen molar-refractivity contribution in [3.8, 4) is 0 Å². The molecule has 0 aliphatic carbocycles.